The van der Waals surface area contributed by atoms with E-state index in [0.29, 0.717) is 6.07 Å². The van der Waals surface area contributed by atoms with E-state index >= 15 is 0 Å². The maximum absolute atomic E-state index is 13.0. The summed E-state index contributed by atoms with van der Waals surface area (Å²) in [6.07, 6.45) is 0. The highest BCUT2D eigenvalue weighted by molar-refractivity contribution is 5.97. The van der Waals surface area contributed by atoms with Crippen LogP contribution in [0.25, 0.3) is 0 Å². The molecule has 1 aromatic carbocycles. The number of nitrogens with one attached hydrogen (secondary N) is 2. The molecule has 0 spiro atoms. The molecule has 7 heteroatoms. The molecule has 5 nitrogen and oxygen atoms in total. The van der Waals surface area contributed by atoms with Crippen molar-refractivity contribution in [2.24, 2.45) is 11.7 Å². The number of carbonyl (C=O) groups is 2. The van der Waals surface area contributed by atoms with Crippen molar-refractivity contribution in [2.75, 3.05) is 5.32 Å². The first kappa shape index (κ1) is 14.9. The number of urea groups is 1. The second-order valence-electron chi connectivity index (χ2n) is 4.38. The summed E-state index contributed by atoms with van der Waals surface area (Å²) in [6.45, 7) is 3.40. The minimum absolute atomic E-state index is 0.0283. The molecule has 0 aliphatic heterocycles. The Hall–Kier alpha value is -2.18. The smallest absolute Gasteiger partial charge is 0.312 e. The second kappa shape index (κ2) is 6.12. The quantitative estimate of drug-likeness (QED) is 0.777. The minimum Gasteiger partial charge on any atom is -0.352 e. The fraction of sp³-hybridized carbons (Fsp3) is 0.333. The third kappa shape index (κ3) is 4.53. The van der Waals surface area contributed by atoms with Crippen LogP contribution >= 0.6 is 0 Å². The van der Waals surface area contributed by atoms with E-state index < -0.39 is 29.6 Å². The topological polar surface area (TPSA) is 84.2 Å². The molecular weight excluding hydrogens is 256 g/mol. The molecule has 104 valence electrons. The van der Waals surface area contributed by atoms with Crippen LogP contribution in [-0.4, -0.2) is 18.0 Å². The van der Waals surface area contributed by atoms with Crippen LogP contribution in [0, 0.1) is 17.6 Å². The van der Waals surface area contributed by atoms with E-state index in [1.807, 2.05) is 0 Å². The molecule has 0 aliphatic carbocycles. The molecule has 1 atom stereocenters. The van der Waals surface area contributed by atoms with Crippen LogP contribution in [0.1, 0.15) is 13.8 Å². The molecule has 0 unspecified atom stereocenters. The Morgan fingerprint density at radius 2 is 1.68 bits per heavy atom. The van der Waals surface area contributed by atoms with Crippen LogP contribution in [0.3, 0.4) is 0 Å². The van der Waals surface area contributed by atoms with Gasteiger partial charge in [0.05, 0.1) is 0 Å². The highest BCUT2D eigenvalue weighted by Gasteiger charge is 2.23. The zero-order valence-corrected chi connectivity index (χ0v) is 10.5. The fourth-order valence-corrected chi connectivity index (χ4v) is 1.53. The molecule has 19 heavy (non-hydrogen) atoms. The minimum atomic E-state index is -0.885. The standard InChI is InChI=1S/C12H15F2N3O2/c1-6(2)10(17-12(15)19)11(18)16-9-4-7(13)3-8(14)5-9/h3-6,10H,1-2H3,(H,16,18)(H3,15,17,19)/t10-/m0/s1. The SMILES string of the molecule is CC(C)[C@H](NC(N)=O)C(=O)Nc1cc(F)cc(F)c1. The summed E-state index contributed by atoms with van der Waals surface area (Å²) in [5.74, 6) is -2.44. The number of benzene rings is 1. The number of primary amides is 1. The monoisotopic (exact) mass is 271 g/mol. The average Bonchev–Trinajstić information content (AvgIpc) is 2.23. The van der Waals surface area contributed by atoms with Gasteiger partial charge in [-0.25, -0.2) is 13.6 Å². The van der Waals surface area contributed by atoms with Crippen molar-refractivity contribution in [2.45, 2.75) is 19.9 Å². The van der Waals surface area contributed by atoms with E-state index in [2.05, 4.69) is 10.6 Å². The molecule has 4 N–H and O–H groups in total. The number of hydrogen-bond acceptors (Lipinski definition) is 2. The molecule has 0 heterocycles. The van der Waals surface area contributed by atoms with Gasteiger partial charge in [0, 0.05) is 11.8 Å². The van der Waals surface area contributed by atoms with E-state index in [9.17, 15) is 18.4 Å². The number of halogens is 2. The van der Waals surface area contributed by atoms with Crippen molar-refractivity contribution in [3.8, 4) is 0 Å². The Balaban J connectivity index is 2.83. The number of anilines is 1. The van der Waals surface area contributed by atoms with Crippen molar-refractivity contribution in [3.05, 3.63) is 29.8 Å². The fourth-order valence-electron chi connectivity index (χ4n) is 1.53. The number of amides is 3. The molecule has 0 aromatic heterocycles. The van der Waals surface area contributed by atoms with Gasteiger partial charge < -0.3 is 16.4 Å². The van der Waals surface area contributed by atoms with Crippen LogP contribution in [0.5, 0.6) is 0 Å². The summed E-state index contributed by atoms with van der Waals surface area (Å²) in [7, 11) is 0. The summed E-state index contributed by atoms with van der Waals surface area (Å²) in [4.78, 5) is 22.7. The van der Waals surface area contributed by atoms with Crippen molar-refractivity contribution in [1.82, 2.24) is 5.32 Å². The van der Waals surface area contributed by atoms with Crippen LogP contribution in [0.15, 0.2) is 18.2 Å². The summed E-state index contributed by atoms with van der Waals surface area (Å²) in [5, 5.41) is 4.59. The normalized spacial score (nSPS) is 12.1. The van der Waals surface area contributed by atoms with Gasteiger partial charge in [-0.05, 0) is 18.1 Å². The van der Waals surface area contributed by atoms with E-state index in [1.165, 1.54) is 0 Å². The van der Waals surface area contributed by atoms with E-state index in [1.54, 1.807) is 13.8 Å². The molecular formula is C12H15F2N3O2. The lowest BCUT2D eigenvalue weighted by Crippen LogP contribution is -2.49. The molecule has 0 bridgehead atoms. The zero-order chi connectivity index (χ0) is 14.6. The molecule has 1 rings (SSSR count). The highest BCUT2D eigenvalue weighted by atomic mass is 19.1. The van der Waals surface area contributed by atoms with Crippen molar-refractivity contribution >= 4 is 17.6 Å². The molecule has 0 saturated carbocycles. The Labute approximate surface area is 109 Å². The third-order valence-corrected chi connectivity index (χ3v) is 2.38. The third-order valence-electron chi connectivity index (χ3n) is 2.38. The summed E-state index contributed by atoms with van der Waals surface area (Å²) in [5.41, 5.74) is 4.93. The molecule has 3 amide bonds. The lowest BCUT2D eigenvalue weighted by atomic mass is 10.0. The Morgan fingerprint density at radius 3 is 2.11 bits per heavy atom. The molecule has 0 fully saturated rings. The maximum Gasteiger partial charge on any atom is 0.312 e. The summed E-state index contributed by atoms with van der Waals surface area (Å²) in [6, 6.07) is 0.908. The molecule has 0 radical (unpaired) electrons. The van der Waals surface area contributed by atoms with Gasteiger partial charge in [-0.1, -0.05) is 13.8 Å². The van der Waals surface area contributed by atoms with E-state index in [-0.39, 0.29) is 11.6 Å². The van der Waals surface area contributed by atoms with Gasteiger partial charge in [-0.15, -0.1) is 0 Å². The lowest BCUT2D eigenvalue weighted by Gasteiger charge is -2.20. The van der Waals surface area contributed by atoms with Gasteiger partial charge in [0.1, 0.15) is 17.7 Å². The van der Waals surface area contributed by atoms with Crippen LogP contribution in [0.2, 0.25) is 0 Å². The predicted molar refractivity (Wildman–Crippen MR) is 66.3 cm³/mol. The Morgan fingerprint density at radius 1 is 1.16 bits per heavy atom. The zero-order valence-electron chi connectivity index (χ0n) is 10.5. The van der Waals surface area contributed by atoms with Gasteiger partial charge in [0.15, 0.2) is 0 Å². The average molecular weight is 271 g/mol. The number of carbonyl (C=O) groups excluding carboxylic acids is 2. The van der Waals surface area contributed by atoms with E-state index in [4.69, 9.17) is 5.73 Å². The highest BCUT2D eigenvalue weighted by Crippen LogP contribution is 2.14. The van der Waals surface area contributed by atoms with Crippen LogP contribution in [0.4, 0.5) is 19.3 Å². The number of rotatable bonds is 4. The first-order chi connectivity index (χ1) is 8.79. The van der Waals surface area contributed by atoms with Crippen LogP contribution < -0.4 is 16.4 Å². The van der Waals surface area contributed by atoms with E-state index in [0.717, 1.165) is 12.1 Å². The molecule has 0 saturated heterocycles. The Kier molecular flexibility index (Phi) is 4.80. The summed E-state index contributed by atoms with van der Waals surface area (Å²) < 4.78 is 25.9. The number of hydrogen-bond donors (Lipinski definition) is 3. The van der Waals surface area contributed by atoms with Gasteiger partial charge in [-0.3, -0.25) is 4.79 Å². The van der Waals surface area contributed by atoms with Gasteiger partial charge in [0.2, 0.25) is 5.91 Å². The molecule has 1 aromatic rings. The largest absolute Gasteiger partial charge is 0.352 e. The first-order valence-corrected chi connectivity index (χ1v) is 5.62. The number of nitrogens with two attached hydrogens (primary N) is 1. The first-order valence-electron chi connectivity index (χ1n) is 5.62. The van der Waals surface area contributed by atoms with Gasteiger partial charge in [0.25, 0.3) is 0 Å². The van der Waals surface area contributed by atoms with Gasteiger partial charge >= 0.3 is 6.03 Å². The van der Waals surface area contributed by atoms with Crippen molar-refractivity contribution < 1.29 is 18.4 Å². The van der Waals surface area contributed by atoms with Crippen molar-refractivity contribution in [3.63, 3.8) is 0 Å². The van der Waals surface area contributed by atoms with Crippen LogP contribution in [-0.2, 0) is 4.79 Å². The maximum atomic E-state index is 13.0. The summed E-state index contributed by atoms with van der Waals surface area (Å²) >= 11 is 0. The lowest BCUT2D eigenvalue weighted by molar-refractivity contribution is -0.118. The van der Waals surface area contributed by atoms with Gasteiger partial charge in [-0.2, -0.15) is 0 Å². The molecule has 0 aliphatic rings. The Bertz CT molecular complexity index is 472. The second-order valence-corrected chi connectivity index (χ2v) is 4.38. The van der Waals surface area contributed by atoms with Crippen molar-refractivity contribution in [1.29, 1.82) is 0 Å². The predicted octanol–water partition coefficient (Wildman–Crippen LogP) is 1.60.